The van der Waals surface area contributed by atoms with Crippen LogP contribution in [0.25, 0.3) is 5.76 Å². The predicted octanol–water partition coefficient (Wildman–Crippen LogP) is 5.98. The molecule has 0 unspecified atom stereocenters. The van der Waals surface area contributed by atoms with Gasteiger partial charge in [0.25, 0.3) is 0 Å². The Kier molecular flexibility index (Phi) is 6.68. The highest BCUT2D eigenvalue weighted by Gasteiger charge is 2.34. The fraction of sp³-hybridized carbons (Fsp3) is 0.261. The van der Waals surface area contributed by atoms with E-state index in [1.165, 1.54) is 6.07 Å². The van der Waals surface area contributed by atoms with Gasteiger partial charge in [-0.15, -0.1) is 0 Å². The van der Waals surface area contributed by atoms with Crippen molar-refractivity contribution >= 4 is 11.7 Å². The Hall–Kier alpha value is -3.29. The molecule has 1 N–H and O–H groups in total. The fourth-order valence-corrected chi connectivity index (χ4v) is 3.04. The van der Waals surface area contributed by atoms with E-state index in [4.69, 9.17) is 14.6 Å². The average molecular weight is 436 g/mol. The number of aryl methyl sites for hydroxylation is 1. The topological polar surface area (TPSA) is 55.8 Å². The number of aliphatic carboxylic acids is 1. The van der Waals surface area contributed by atoms with Gasteiger partial charge in [-0.1, -0.05) is 18.2 Å². The second-order valence-electron chi connectivity index (χ2n) is 7.10. The van der Waals surface area contributed by atoms with Crippen molar-refractivity contribution in [2.45, 2.75) is 32.4 Å². The number of hydrogen-bond acceptors (Lipinski definition) is 3. The van der Waals surface area contributed by atoms with E-state index in [0.29, 0.717) is 30.4 Å². The van der Waals surface area contributed by atoms with Crippen LogP contribution in [0, 0.1) is 5.82 Å². The maximum absolute atomic E-state index is 13.9. The molecule has 4 nitrogen and oxygen atoms in total. The summed E-state index contributed by atoms with van der Waals surface area (Å²) in [6, 6.07) is 9.69. The minimum absolute atomic E-state index is 0.00860. The van der Waals surface area contributed by atoms with Crippen LogP contribution in [-0.2, 0) is 22.1 Å². The van der Waals surface area contributed by atoms with Crippen molar-refractivity contribution in [2.24, 2.45) is 0 Å². The first kappa shape index (κ1) is 22.4. The molecule has 0 aromatic heterocycles. The van der Waals surface area contributed by atoms with E-state index >= 15 is 0 Å². The van der Waals surface area contributed by atoms with Gasteiger partial charge in [-0.05, 0) is 61.2 Å². The minimum atomic E-state index is -4.76. The quantitative estimate of drug-likeness (QED) is 0.543. The molecule has 1 aliphatic rings. The number of carboxylic acid groups (broad SMARTS) is 1. The van der Waals surface area contributed by atoms with Crippen molar-refractivity contribution in [3.63, 3.8) is 0 Å². The van der Waals surface area contributed by atoms with Gasteiger partial charge in [0.05, 0.1) is 5.56 Å². The number of carbonyl (C=O) groups is 1. The summed E-state index contributed by atoms with van der Waals surface area (Å²) in [6.45, 7) is 1.90. The summed E-state index contributed by atoms with van der Waals surface area (Å²) in [5.41, 5.74) is 0.561. The van der Waals surface area contributed by atoms with Gasteiger partial charge in [0.15, 0.2) is 0 Å². The Balaban J connectivity index is 1.67. The third-order valence-electron chi connectivity index (χ3n) is 4.76. The van der Waals surface area contributed by atoms with Crippen molar-refractivity contribution in [3.05, 3.63) is 82.4 Å². The SMILES string of the molecule is CC1=C(COc2cccc(CCC(=O)O)c2)OC(c2ccc(C(F)(F)F)c(F)c2)=CC1. The number of benzene rings is 2. The summed E-state index contributed by atoms with van der Waals surface area (Å²) in [5, 5.41) is 8.80. The maximum Gasteiger partial charge on any atom is 0.419 e. The first-order valence-corrected chi connectivity index (χ1v) is 9.51. The maximum atomic E-state index is 13.9. The average Bonchev–Trinajstić information content (AvgIpc) is 2.71. The molecule has 0 aliphatic carbocycles. The van der Waals surface area contributed by atoms with Gasteiger partial charge in [-0.25, -0.2) is 4.39 Å². The summed E-state index contributed by atoms with van der Waals surface area (Å²) in [5.74, 6) is -0.984. The van der Waals surface area contributed by atoms with E-state index < -0.39 is 23.5 Å². The lowest BCUT2D eigenvalue weighted by Crippen LogP contribution is -2.11. The van der Waals surface area contributed by atoms with Crippen molar-refractivity contribution in [3.8, 4) is 5.75 Å². The highest BCUT2D eigenvalue weighted by molar-refractivity contribution is 5.67. The Bertz CT molecular complexity index is 1040. The van der Waals surface area contributed by atoms with Crippen LogP contribution in [0.4, 0.5) is 17.6 Å². The van der Waals surface area contributed by atoms with Gasteiger partial charge in [0.2, 0.25) is 0 Å². The zero-order valence-electron chi connectivity index (χ0n) is 16.6. The standard InChI is InChI=1S/C23H20F4O4/c1-14-5-9-20(16-7-8-18(19(24)12-16)23(25,26)27)31-21(14)13-30-17-4-2-3-15(11-17)6-10-22(28)29/h2-4,7-9,11-12H,5-6,10,13H2,1H3,(H,28,29). The Labute approximate surface area is 176 Å². The van der Waals surface area contributed by atoms with E-state index in [2.05, 4.69) is 0 Å². The number of allylic oxidation sites excluding steroid dienone is 2. The number of ether oxygens (including phenoxy) is 2. The predicted molar refractivity (Wildman–Crippen MR) is 106 cm³/mol. The Morgan fingerprint density at radius 2 is 1.97 bits per heavy atom. The number of alkyl halides is 3. The summed E-state index contributed by atoms with van der Waals surface area (Å²) < 4.78 is 63.8. The molecule has 1 aliphatic heterocycles. The Morgan fingerprint density at radius 3 is 2.65 bits per heavy atom. The summed E-state index contributed by atoms with van der Waals surface area (Å²) in [7, 11) is 0. The van der Waals surface area contributed by atoms with Crippen LogP contribution >= 0.6 is 0 Å². The van der Waals surface area contributed by atoms with Gasteiger partial charge in [-0.3, -0.25) is 4.79 Å². The number of hydrogen-bond donors (Lipinski definition) is 1. The lowest BCUT2D eigenvalue weighted by atomic mass is 10.0. The van der Waals surface area contributed by atoms with Crippen LogP contribution < -0.4 is 4.74 Å². The van der Waals surface area contributed by atoms with Crippen molar-refractivity contribution in [1.29, 1.82) is 0 Å². The smallest absolute Gasteiger partial charge is 0.419 e. The minimum Gasteiger partial charge on any atom is -0.486 e. The van der Waals surface area contributed by atoms with E-state index in [-0.39, 0.29) is 24.4 Å². The molecule has 0 radical (unpaired) electrons. The van der Waals surface area contributed by atoms with Crippen LogP contribution in [0.3, 0.4) is 0 Å². The van der Waals surface area contributed by atoms with Crippen molar-refractivity contribution in [1.82, 2.24) is 0 Å². The number of rotatable bonds is 7. The zero-order chi connectivity index (χ0) is 22.6. The van der Waals surface area contributed by atoms with Crippen LogP contribution in [0.1, 0.15) is 36.5 Å². The molecule has 8 heteroatoms. The second-order valence-corrected chi connectivity index (χ2v) is 7.10. The third-order valence-corrected chi connectivity index (χ3v) is 4.76. The van der Waals surface area contributed by atoms with E-state index in [1.54, 1.807) is 30.3 Å². The fourth-order valence-electron chi connectivity index (χ4n) is 3.04. The van der Waals surface area contributed by atoms with Gasteiger partial charge < -0.3 is 14.6 Å². The molecule has 1 heterocycles. The molecule has 0 atom stereocenters. The number of carboxylic acids is 1. The molecule has 2 aromatic carbocycles. The number of halogens is 4. The molecule has 0 saturated carbocycles. The molecule has 3 rings (SSSR count). The van der Waals surface area contributed by atoms with Crippen molar-refractivity contribution in [2.75, 3.05) is 6.61 Å². The molecule has 164 valence electrons. The molecular weight excluding hydrogens is 416 g/mol. The Morgan fingerprint density at radius 1 is 1.19 bits per heavy atom. The molecule has 0 bridgehead atoms. The van der Waals surface area contributed by atoms with Gasteiger partial charge in [0, 0.05) is 12.0 Å². The third kappa shape index (κ3) is 5.87. The van der Waals surface area contributed by atoms with Crippen LogP contribution in [0.5, 0.6) is 5.75 Å². The van der Waals surface area contributed by atoms with Crippen molar-refractivity contribution < 1.29 is 36.9 Å². The zero-order valence-corrected chi connectivity index (χ0v) is 16.6. The molecule has 0 saturated heterocycles. The van der Waals surface area contributed by atoms with Crippen LogP contribution in [0.15, 0.2) is 59.9 Å². The lowest BCUT2D eigenvalue weighted by Gasteiger charge is -2.21. The normalized spacial score (nSPS) is 14.2. The summed E-state index contributed by atoms with van der Waals surface area (Å²) in [6.07, 6.45) is -2.23. The first-order valence-electron chi connectivity index (χ1n) is 9.51. The van der Waals surface area contributed by atoms with E-state index in [9.17, 15) is 22.4 Å². The summed E-state index contributed by atoms with van der Waals surface area (Å²) >= 11 is 0. The van der Waals surface area contributed by atoms with Gasteiger partial charge >= 0.3 is 12.1 Å². The van der Waals surface area contributed by atoms with E-state index in [1.807, 2.05) is 6.92 Å². The monoisotopic (exact) mass is 436 g/mol. The highest BCUT2D eigenvalue weighted by Crippen LogP contribution is 2.34. The molecule has 0 spiro atoms. The largest absolute Gasteiger partial charge is 0.486 e. The van der Waals surface area contributed by atoms with Gasteiger partial charge in [0.1, 0.15) is 29.7 Å². The summed E-state index contributed by atoms with van der Waals surface area (Å²) in [4.78, 5) is 10.7. The van der Waals surface area contributed by atoms with Crippen LogP contribution in [-0.4, -0.2) is 17.7 Å². The molecule has 0 fully saturated rings. The molecule has 31 heavy (non-hydrogen) atoms. The van der Waals surface area contributed by atoms with Crippen LogP contribution in [0.2, 0.25) is 0 Å². The molecular formula is C23H20F4O4. The van der Waals surface area contributed by atoms with Gasteiger partial charge in [-0.2, -0.15) is 13.2 Å². The first-order chi connectivity index (χ1) is 14.6. The second kappa shape index (κ2) is 9.24. The highest BCUT2D eigenvalue weighted by atomic mass is 19.4. The van der Waals surface area contributed by atoms with E-state index in [0.717, 1.165) is 17.2 Å². The lowest BCUT2D eigenvalue weighted by molar-refractivity contribution is -0.140. The molecule has 0 amide bonds. The molecule has 2 aromatic rings.